The molecule has 1 aromatic carbocycles. The van der Waals surface area contributed by atoms with Gasteiger partial charge in [0.25, 0.3) is 5.91 Å². The molecule has 0 aliphatic heterocycles. The molecule has 18 heavy (non-hydrogen) atoms. The molecule has 1 N–H and O–H groups in total. The lowest BCUT2D eigenvalue weighted by atomic mass is 10.2. The molecule has 2 aromatic rings. The fourth-order valence-corrected chi connectivity index (χ4v) is 2.22. The predicted octanol–water partition coefficient (Wildman–Crippen LogP) is 3.32. The number of nitriles is 1. The molecule has 0 bridgehead atoms. The highest BCUT2D eigenvalue weighted by atomic mass is 32.1. The predicted molar refractivity (Wildman–Crippen MR) is 68.1 cm³/mol. The summed E-state index contributed by atoms with van der Waals surface area (Å²) >= 11 is 1.36. The van der Waals surface area contributed by atoms with Crippen molar-refractivity contribution in [3.8, 4) is 6.07 Å². The van der Waals surface area contributed by atoms with Crippen molar-refractivity contribution in [3.05, 3.63) is 51.5 Å². The molecule has 1 heterocycles. The van der Waals surface area contributed by atoms with Crippen LogP contribution >= 0.6 is 11.3 Å². The van der Waals surface area contributed by atoms with Crippen LogP contribution in [0.3, 0.4) is 0 Å². The van der Waals surface area contributed by atoms with Crippen molar-refractivity contribution >= 4 is 22.9 Å². The first-order valence-electron chi connectivity index (χ1n) is 5.17. The van der Waals surface area contributed by atoms with Gasteiger partial charge in [-0.25, -0.2) is 4.39 Å². The first-order chi connectivity index (χ1) is 8.60. The van der Waals surface area contributed by atoms with E-state index in [9.17, 15) is 9.18 Å². The average Bonchev–Trinajstić information content (AvgIpc) is 2.78. The Bertz CT molecular complexity index is 643. The summed E-state index contributed by atoms with van der Waals surface area (Å²) in [5.41, 5.74) is 0.423. The summed E-state index contributed by atoms with van der Waals surface area (Å²) in [6, 6.07) is 9.08. The van der Waals surface area contributed by atoms with Crippen molar-refractivity contribution in [3.63, 3.8) is 0 Å². The fourth-order valence-electron chi connectivity index (χ4n) is 1.46. The Balaban J connectivity index is 2.25. The molecule has 0 unspecified atom stereocenters. The number of hydrogen-bond acceptors (Lipinski definition) is 3. The number of nitrogens with zero attached hydrogens (tertiary/aromatic N) is 1. The Labute approximate surface area is 107 Å². The summed E-state index contributed by atoms with van der Waals surface area (Å²) < 4.78 is 12.9. The number of carbonyl (C=O) groups excluding carboxylic acids is 1. The van der Waals surface area contributed by atoms with Gasteiger partial charge in [-0.2, -0.15) is 5.26 Å². The molecular weight excluding hydrogens is 251 g/mol. The maximum absolute atomic E-state index is 12.9. The van der Waals surface area contributed by atoms with E-state index in [1.165, 1.54) is 23.5 Å². The topological polar surface area (TPSA) is 52.9 Å². The average molecular weight is 260 g/mol. The van der Waals surface area contributed by atoms with Gasteiger partial charge < -0.3 is 5.32 Å². The molecule has 2 rings (SSSR count). The first kappa shape index (κ1) is 12.3. The van der Waals surface area contributed by atoms with Crippen LogP contribution in [0.2, 0.25) is 0 Å². The second-order valence-corrected chi connectivity index (χ2v) is 4.95. The Hall–Kier alpha value is -2.19. The van der Waals surface area contributed by atoms with Gasteiger partial charge in [0.2, 0.25) is 0 Å². The van der Waals surface area contributed by atoms with E-state index >= 15 is 0 Å². The van der Waals surface area contributed by atoms with Crippen LogP contribution in [0.15, 0.2) is 30.3 Å². The van der Waals surface area contributed by atoms with Crippen LogP contribution in [0, 0.1) is 24.1 Å². The van der Waals surface area contributed by atoms with Crippen molar-refractivity contribution in [1.82, 2.24) is 0 Å². The van der Waals surface area contributed by atoms with E-state index in [0.29, 0.717) is 10.6 Å². The summed E-state index contributed by atoms with van der Waals surface area (Å²) in [6.45, 7) is 1.90. The van der Waals surface area contributed by atoms with Crippen LogP contribution in [-0.2, 0) is 0 Å². The second kappa shape index (κ2) is 4.98. The van der Waals surface area contributed by atoms with Gasteiger partial charge in [-0.1, -0.05) is 0 Å². The maximum Gasteiger partial charge on any atom is 0.265 e. The number of carbonyl (C=O) groups is 1. The number of nitrogens with one attached hydrogen (secondary N) is 1. The number of halogens is 1. The highest BCUT2D eigenvalue weighted by Crippen LogP contribution is 2.20. The molecule has 0 radical (unpaired) electrons. The zero-order chi connectivity index (χ0) is 13.1. The number of thiophene rings is 1. The molecule has 0 saturated heterocycles. The summed E-state index contributed by atoms with van der Waals surface area (Å²) in [5, 5.41) is 11.5. The molecule has 3 nitrogen and oxygen atoms in total. The van der Waals surface area contributed by atoms with Crippen LogP contribution in [0.5, 0.6) is 0 Å². The zero-order valence-corrected chi connectivity index (χ0v) is 10.3. The number of aryl methyl sites for hydroxylation is 1. The lowest BCUT2D eigenvalue weighted by Gasteiger charge is -2.05. The minimum Gasteiger partial charge on any atom is -0.320 e. The lowest BCUT2D eigenvalue weighted by molar-refractivity contribution is 0.103. The molecule has 0 spiro atoms. The van der Waals surface area contributed by atoms with Crippen LogP contribution < -0.4 is 5.32 Å². The van der Waals surface area contributed by atoms with Crippen molar-refractivity contribution in [2.45, 2.75) is 6.92 Å². The van der Waals surface area contributed by atoms with Crippen LogP contribution in [0.1, 0.15) is 20.1 Å². The molecule has 0 aliphatic rings. The van der Waals surface area contributed by atoms with Crippen LogP contribution in [0.25, 0.3) is 0 Å². The third-order valence-corrected chi connectivity index (χ3v) is 3.31. The molecule has 90 valence electrons. The van der Waals surface area contributed by atoms with Gasteiger partial charge in [-0.15, -0.1) is 11.3 Å². The molecule has 5 heteroatoms. The molecule has 1 aromatic heterocycles. The van der Waals surface area contributed by atoms with Crippen molar-refractivity contribution in [1.29, 1.82) is 5.26 Å². The van der Waals surface area contributed by atoms with Crippen LogP contribution in [0.4, 0.5) is 10.1 Å². The molecular formula is C13H9FN2OS. The molecule has 0 fully saturated rings. The normalized spacial score (nSPS) is 9.83. The van der Waals surface area contributed by atoms with E-state index in [-0.39, 0.29) is 11.5 Å². The number of hydrogen-bond donors (Lipinski definition) is 1. The van der Waals surface area contributed by atoms with Gasteiger partial charge in [0.05, 0.1) is 16.1 Å². The first-order valence-corrected chi connectivity index (χ1v) is 5.99. The van der Waals surface area contributed by atoms with Gasteiger partial charge in [0.1, 0.15) is 11.9 Å². The summed E-state index contributed by atoms with van der Waals surface area (Å²) in [5.74, 6) is -0.798. The van der Waals surface area contributed by atoms with Crippen molar-refractivity contribution < 1.29 is 9.18 Å². The standard InChI is InChI=1S/C13H9FN2OS/c1-8-2-5-12(18-8)13(17)16-11-4-3-10(14)6-9(11)7-15/h2-6H,1H3,(H,16,17). The summed E-state index contributed by atoms with van der Waals surface area (Å²) in [6.07, 6.45) is 0. The van der Waals surface area contributed by atoms with E-state index in [2.05, 4.69) is 5.32 Å². The largest absolute Gasteiger partial charge is 0.320 e. The Morgan fingerprint density at radius 2 is 2.17 bits per heavy atom. The molecule has 1 amide bonds. The minimum atomic E-state index is -0.503. The summed E-state index contributed by atoms with van der Waals surface area (Å²) in [4.78, 5) is 13.5. The SMILES string of the molecule is Cc1ccc(C(=O)Nc2ccc(F)cc2C#N)s1. The van der Waals surface area contributed by atoms with Gasteiger partial charge in [0, 0.05) is 4.88 Å². The Morgan fingerprint density at radius 1 is 1.39 bits per heavy atom. The molecule has 0 atom stereocenters. The van der Waals surface area contributed by atoms with Gasteiger partial charge in [-0.3, -0.25) is 4.79 Å². The Morgan fingerprint density at radius 3 is 2.78 bits per heavy atom. The third-order valence-electron chi connectivity index (χ3n) is 2.31. The maximum atomic E-state index is 12.9. The summed E-state index contributed by atoms with van der Waals surface area (Å²) in [7, 11) is 0. The highest BCUT2D eigenvalue weighted by molar-refractivity contribution is 7.14. The molecule has 0 saturated carbocycles. The monoisotopic (exact) mass is 260 g/mol. The Kier molecular flexibility index (Phi) is 3.40. The van der Waals surface area contributed by atoms with E-state index < -0.39 is 5.82 Å². The number of amides is 1. The van der Waals surface area contributed by atoms with E-state index in [4.69, 9.17) is 5.26 Å². The van der Waals surface area contributed by atoms with Gasteiger partial charge in [-0.05, 0) is 37.3 Å². The van der Waals surface area contributed by atoms with Gasteiger partial charge in [0.15, 0.2) is 0 Å². The third kappa shape index (κ3) is 2.55. The smallest absolute Gasteiger partial charge is 0.265 e. The number of rotatable bonds is 2. The second-order valence-electron chi connectivity index (χ2n) is 3.67. The quantitative estimate of drug-likeness (QED) is 0.900. The lowest BCUT2D eigenvalue weighted by Crippen LogP contribution is -2.11. The van der Waals surface area contributed by atoms with Crippen molar-refractivity contribution in [2.24, 2.45) is 0 Å². The van der Waals surface area contributed by atoms with E-state index in [0.717, 1.165) is 10.9 Å². The van der Waals surface area contributed by atoms with Crippen molar-refractivity contribution in [2.75, 3.05) is 5.32 Å². The van der Waals surface area contributed by atoms with Crippen LogP contribution in [-0.4, -0.2) is 5.91 Å². The number of anilines is 1. The van der Waals surface area contributed by atoms with Gasteiger partial charge >= 0.3 is 0 Å². The zero-order valence-electron chi connectivity index (χ0n) is 9.53. The molecule has 0 aliphatic carbocycles. The van der Waals surface area contributed by atoms with E-state index in [1.807, 2.05) is 19.1 Å². The highest BCUT2D eigenvalue weighted by Gasteiger charge is 2.11. The minimum absolute atomic E-state index is 0.108. The van der Waals surface area contributed by atoms with E-state index in [1.54, 1.807) is 6.07 Å². The number of benzene rings is 1. The fraction of sp³-hybridized carbons (Fsp3) is 0.0769.